The third-order valence-corrected chi connectivity index (χ3v) is 3.41. The van der Waals surface area contributed by atoms with Crippen LogP contribution in [-0.4, -0.2) is 39.5 Å². The van der Waals surface area contributed by atoms with Gasteiger partial charge in [0.15, 0.2) is 0 Å². The molecule has 1 aromatic rings. The van der Waals surface area contributed by atoms with Crippen LogP contribution in [0.3, 0.4) is 0 Å². The van der Waals surface area contributed by atoms with E-state index in [1.165, 1.54) is 16.2 Å². The van der Waals surface area contributed by atoms with Crippen molar-refractivity contribution >= 4 is 23.2 Å². The molecule has 2 rings (SSSR count). The number of rotatable bonds is 2. The molecule has 6 heteroatoms. The number of thiazole rings is 1. The lowest BCUT2D eigenvalue weighted by molar-refractivity contribution is -0.141. The Bertz CT molecular complexity index is 429. The van der Waals surface area contributed by atoms with Crippen LogP contribution in [0.5, 0.6) is 0 Å². The van der Waals surface area contributed by atoms with Crippen molar-refractivity contribution in [1.29, 1.82) is 0 Å². The number of nitrogens with zero attached hydrogens (tertiary/aromatic N) is 2. The SMILES string of the molecule is Cc1nc(C(=O)N2CCC[C@H]2C(=O)O)cs1. The smallest absolute Gasteiger partial charge is 0.326 e. The first-order valence-corrected chi connectivity index (χ1v) is 5.93. The zero-order chi connectivity index (χ0) is 11.7. The second-order valence-electron chi connectivity index (χ2n) is 3.75. The molecule has 16 heavy (non-hydrogen) atoms. The summed E-state index contributed by atoms with van der Waals surface area (Å²) in [4.78, 5) is 28.4. The molecule has 1 aromatic heterocycles. The van der Waals surface area contributed by atoms with Crippen molar-refractivity contribution in [2.75, 3.05) is 6.54 Å². The highest BCUT2D eigenvalue weighted by Crippen LogP contribution is 2.21. The number of aryl methyl sites for hydroxylation is 1. The van der Waals surface area contributed by atoms with Gasteiger partial charge in [0.2, 0.25) is 0 Å². The summed E-state index contributed by atoms with van der Waals surface area (Å²) in [6, 6.07) is -0.686. The minimum absolute atomic E-state index is 0.269. The molecule has 0 radical (unpaired) electrons. The normalized spacial score (nSPS) is 20.1. The summed E-state index contributed by atoms with van der Waals surface area (Å²) in [5, 5.41) is 11.5. The van der Waals surface area contributed by atoms with E-state index in [1.54, 1.807) is 5.38 Å². The zero-order valence-electron chi connectivity index (χ0n) is 8.84. The van der Waals surface area contributed by atoms with Crippen molar-refractivity contribution in [2.45, 2.75) is 25.8 Å². The maximum Gasteiger partial charge on any atom is 0.326 e. The number of hydrogen-bond donors (Lipinski definition) is 1. The van der Waals surface area contributed by atoms with Gasteiger partial charge in [0.05, 0.1) is 5.01 Å². The third kappa shape index (κ3) is 1.92. The van der Waals surface area contributed by atoms with Gasteiger partial charge in [-0.15, -0.1) is 11.3 Å². The van der Waals surface area contributed by atoms with E-state index in [0.717, 1.165) is 11.4 Å². The Morgan fingerprint density at radius 3 is 2.94 bits per heavy atom. The Morgan fingerprint density at radius 1 is 1.62 bits per heavy atom. The molecule has 0 bridgehead atoms. The quantitative estimate of drug-likeness (QED) is 0.841. The van der Waals surface area contributed by atoms with Gasteiger partial charge in [0.25, 0.3) is 5.91 Å². The van der Waals surface area contributed by atoms with Gasteiger partial charge in [-0.3, -0.25) is 4.79 Å². The van der Waals surface area contributed by atoms with E-state index in [-0.39, 0.29) is 5.91 Å². The summed E-state index contributed by atoms with van der Waals surface area (Å²) in [7, 11) is 0. The first kappa shape index (κ1) is 11.1. The Morgan fingerprint density at radius 2 is 2.38 bits per heavy atom. The molecule has 1 saturated heterocycles. The van der Waals surface area contributed by atoms with Gasteiger partial charge < -0.3 is 10.0 Å². The van der Waals surface area contributed by atoms with Crippen molar-refractivity contribution in [2.24, 2.45) is 0 Å². The van der Waals surface area contributed by atoms with Crippen LogP contribution in [0.4, 0.5) is 0 Å². The topological polar surface area (TPSA) is 70.5 Å². The van der Waals surface area contributed by atoms with E-state index >= 15 is 0 Å². The molecule has 1 aliphatic heterocycles. The van der Waals surface area contributed by atoms with Gasteiger partial charge in [-0.2, -0.15) is 0 Å². The Kier molecular flexibility index (Phi) is 2.91. The number of hydrogen-bond acceptors (Lipinski definition) is 4. The van der Waals surface area contributed by atoms with Crippen LogP contribution in [0, 0.1) is 6.92 Å². The van der Waals surface area contributed by atoms with E-state index in [9.17, 15) is 9.59 Å². The minimum atomic E-state index is -0.933. The summed E-state index contributed by atoms with van der Waals surface area (Å²) < 4.78 is 0. The summed E-state index contributed by atoms with van der Waals surface area (Å²) in [6.45, 7) is 2.33. The van der Waals surface area contributed by atoms with Crippen molar-refractivity contribution in [3.05, 3.63) is 16.1 Å². The molecule has 2 heterocycles. The lowest BCUT2D eigenvalue weighted by Gasteiger charge is -2.20. The summed E-state index contributed by atoms with van der Waals surface area (Å²) in [5.74, 6) is -1.20. The highest BCUT2D eigenvalue weighted by atomic mass is 32.1. The summed E-state index contributed by atoms with van der Waals surface area (Å²) >= 11 is 1.40. The van der Waals surface area contributed by atoms with Gasteiger partial charge in [-0.25, -0.2) is 9.78 Å². The highest BCUT2D eigenvalue weighted by molar-refractivity contribution is 7.09. The van der Waals surface area contributed by atoms with E-state index in [4.69, 9.17) is 5.11 Å². The molecule has 0 unspecified atom stereocenters. The lowest BCUT2D eigenvalue weighted by Crippen LogP contribution is -2.40. The zero-order valence-corrected chi connectivity index (χ0v) is 9.66. The van der Waals surface area contributed by atoms with E-state index in [0.29, 0.717) is 18.7 Å². The number of aliphatic carboxylic acids is 1. The predicted octanol–water partition coefficient (Wildman–Crippen LogP) is 1.14. The van der Waals surface area contributed by atoms with E-state index in [1.807, 2.05) is 6.92 Å². The van der Waals surface area contributed by atoms with Gasteiger partial charge >= 0.3 is 5.97 Å². The third-order valence-electron chi connectivity index (χ3n) is 2.64. The van der Waals surface area contributed by atoms with Crippen LogP contribution in [0.25, 0.3) is 0 Å². The molecule has 0 saturated carbocycles. The minimum Gasteiger partial charge on any atom is -0.480 e. The van der Waals surface area contributed by atoms with Crippen molar-refractivity contribution in [3.63, 3.8) is 0 Å². The second kappa shape index (κ2) is 4.21. The molecule has 1 N–H and O–H groups in total. The highest BCUT2D eigenvalue weighted by Gasteiger charge is 2.35. The molecule has 0 spiro atoms. The van der Waals surface area contributed by atoms with Gasteiger partial charge in [0.1, 0.15) is 11.7 Å². The Labute approximate surface area is 96.7 Å². The van der Waals surface area contributed by atoms with Crippen LogP contribution >= 0.6 is 11.3 Å². The number of amides is 1. The number of likely N-dealkylation sites (tertiary alicyclic amines) is 1. The average molecular weight is 240 g/mol. The number of carbonyl (C=O) groups is 2. The fourth-order valence-corrected chi connectivity index (χ4v) is 2.46. The first-order chi connectivity index (χ1) is 7.59. The predicted molar refractivity (Wildman–Crippen MR) is 58.5 cm³/mol. The Balaban J connectivity index is 2.18. The van der Waals surface area contributed by atoms with E-state index in [2.05, 4.69) is 4.98 Å². The van der Waals surface area contributed by atoms with Crippen LogP contribution in [0.1, 0.15) is 28.3 Å². The molecule has 1 amide bonds. The molecule has 5 nitrogen and oxygen atoms in total. The van der Waals surface area contributed by atoms with Crippen molar-refractivity contribution < 1.29 is 14.7 Å². The molecule has 0 aromatic carbocycles. The summed E-state index contributed by atoms with van der Waals surface area (Å²) in [6.07, 6.45) is 1.27. The van der Waals surface area contributed by atoms with Gasteiger partial charge in [0, 0.05) is 11.9 Å². The van der Waals surface area contributed by atoms with Crippen LogP contribution in [0.15, 0.2) is 5.38 Å². The van der Waals surface area contributed by atoms with Crippen molar-refractivity contribution in [3.8, 4) is 0 Å². The lowest BCUT2D eigenvalue weighted by atomic mass is 10.2. The molecule has 1 atom stereocenters. The molecular weight excluding hydrogens is 228 g/mol. The maximum absolute atomic E-state index is 12.0. The number of carboxylic acid groups (broad SMARTS) is 1. The first-order valence-electron chi connectivity index (χ1n) is 5.05. The number of carbonyl (C=O) groups excluding carboxylic acids is 1. The van der Waals surface area contributed by atoms with E-state index < -0.39 is 12.0 Å². The standard InChI is InChI=1S/C10H12N2O3S/c1-6-11-7(5-16-6)9(13)12-4-2-3-8(12)10(14)15/h5,8H,2-4H2,1H3,(H,14,15)/t8-/m0/s1. The Hall–Kier alpha value is -1.43. The van der Waals surface area contributed by atoms with Crippen LogP contribution in [0.2, 0.25) is 0 Å². The van der Waals surface area contributed by atoms with Crippen LogP contribution < -0.4 is 0 Å². The largest absolute Gasteiger partial charge is 0.480 e. The van der Waals surface area contributed by atoms with Crippen molar-refractivity contribution in [1.82, 2.24) is 9.88 Å². The maximum atomic E-state index is 12.0. The summed E-state index contributed by atoms with van der Waals surface area (Å²) in [5.41, 5.74) is 0.357. The molecule has 1 fully saturated rings. The molecule has 1 aliphatic rings. The average Bonchev–Trinajstić information content (AvgIpc) is 2.84. The molecule has 86 valence electrons. The fourth-order valence-electron chi connectivity index (χ4n) is 1.88. The van der Waals surface area contributed by atoms with Gasteiger partial charge in [-0.05, 0) is 19.8 Å². The second-order valence-corrected chi connectivity index (χ2v) is 4.81. The van der Waals surface area contributed by atoms with Gasteiger partial charge in [-0.1, -0.05) is 0 Å². The monoisotopic (exact) mass is 240 g/mol. The van der Waals surface area contributed by atoms with Crippen LogP contribution in [-0.2, 0) is 4.79 Å². The number of aromatic nitrogens is 1. The molecule has 0 aliphatic carbocycles. The number of carboxylic acids is 1. The molecular formula is C10H12N2O3S. The fraction of sp³-hybridized carbons (Fsp3) is 0.500.